The number of aryl methyl sites for hydroxylation is 1. The van der Waals surface area contributed by atoms with E-state index in [0.717, 1.165) is 18.6 Å². The van der Waals surface area contributed by atoms with Crippen molar-refractivity contribution in [3.05, 3.63) is 28.8 Å². The third-order valence-electron chi connectivity index (χ3n) is 3.04. The molecule has 0 radical (unpaired) electrons. The fourth-order valence-corrected chi connectivity index (χ4v) is 2.18. The molecular formula is C14H22ClNO. The van der Waals surface area contributed by atoms with Crippen LogP contribution >= 0.6 is 11.6 Å². The van der Waals surface area contributed by atoms with Gasteiger partial charge in [0, 0.05) is 6.04 Å². The third kappa shape index (κ3) is 4.57. The first-order valence-electron chi connectivity index (χ1n) is 6.21. The van der Waals surface area contributed by atoms with Crippen LogP contribution in [0.2, 0.25) is 5.02 Å². The van der Waals surface area contributed by atoms with Crippen molar-refractivity contribution in [3.8, 4) is 5.75 Å². The van der Waals surface area contributed by atoms with E-state index >= 15 is 0 Å². The van der Waals surface area contributed by atoms with Crippen LogP contribution in [0.3, 0.4) is 0 Å². The maximum Gasteiger partial charge on any atom is 0.137 e. The van der Waals surface area contributed by atoms with Crippen LogP contribution < -0.4 is 10.1 Å². The summed E-state index contributed by atoms with van der Waals surface area (Å²) in [6, 6.07) is 6.61. The second-order valence-corrected chi connectivity index (χ2v) is 4.69. The Labute approximate surface area is 109 Å². The fraction of sp³-hybridized carbons (Fsp3) is 0.571. The van der Waals surface area contributed by atoms with Gasteiger partial charge in [-0.1, -0.05) is 31.0 Å². The monoisotopic (exact) mass is 255 g/mol. The smallest absolute Gasteiger partial charge is 0.137 e. The lowest BCUT2D eigenvalue weighted by Crippen LogP contribution is -2.25. The molecule has 0 aliphatic carbocycles. The summed E-state index contributed by atoms with van der Waals surface area (Å²) < 4.78 is 5.22. The maximum atomic E-state index is 6.00. The first-order chi connectivity index (χ1) is 8.21. The molecule has 0 fully saturated rings. The molecule has 3 heteroatoms. The summed E-state index contributed by atoms with van der Waals surface area (Å²) in [7, 11) is 3.68. The molecule has 0 amide bonds. The minimum Gasteiger partial charge on any atom is -0.495 e. The minimum absolute atomic E-state index is 0.599. The summed E-state index contributed by atoms with van der Waals surface area (Å²) in [6.07, 6.45) is 4.64. The Bertz CT molecular complexity index is 341. The van der Waals surface area contributed by atoms with Crippen LogP contribution in [0.25, 0.3) is 0 Å². The number of halogens is 1. The van der Waals surface area contributed by atoms with E-state index in [4.69, 9.17) is 16.3 Å². The number of methoxy groups -OCH3 is 1. The third-order valence-corrected chi connectivity index (χ3v) is 3.35. The van der Waals surface area contributed by atoms with Crippen LogP contribution in [0.5, 0.6) is 5.75 Å². The molecule has 0 aliphatic heterocycles. The first-order valence-corrected chi connectivity index (χ1v) is 6.58. The van der Waals surface area contributed by atoms with E-state index in [0.29, 0.717) is 11.1 Å². The van der Waals surface area contributed by atoms with Gasteiger partial charge in [0.2, 0.25) is 0 Å². The molecule has 1 aromatic carbocycles. The minimum atomic E-state index is 0.599. The van der Waals surface area contributed by atoms with E-state index in [1.165, 1.54) is 18.4 Å². The van der Waals surface area contributed by atoms with Gasteiger partial charge in [-0.3, -0.25) is 0 Å². The molecule has 0 saturated carbocycles. The van der Waals surface area contributed by atoms with Crippen molar-refractivity contribution < 1.29 is 4.74 Å². The molecule has 1 unspecified atom stereocenters. The van der Waals surface area contributed by atoms with E-state index in [9.17, 15) is 0 Å². The molecule has 96 valence electrons. The van der Waals surface area contributed by atoms with E-state index in [1.54, 1.807) is 7.11 Å². The van der Waals surface area contributed by atoms with Crippen molar-refractivity contribution in [1.29, 1.82) is 0 Å². The Balaban J connectivity index is 2.56. The molecule has 0 saturated heterocycles. The van der Waals surface area contributed by atoms with E-state index in [1.807, 2.05) is 19.2 Å². The van der Waals surface area contributed by atoms with Gasteiger partial charge in [-0.05, 0) is 44.0 Å². The van der Waals surface area contributed by atoms with Crippen LogP contribution in [0, 0.1) is 0 Å². The number of ether oxygens (including phenoxy) is 1. The Hall–Kier alpha value is -0.730. The highest BCUT2D eigenvalue weighted by molar-refractivity contribution is 6.32. The predicted molar refractivity (Wildman–Crippen MR) is 74.1 cm³/mol. The highest BCUT2D eigenvalue weighted by Gasteiger charge is 2.06. The number of hydrogen-bond acceptors (Lipinski definition) is 2. The Kier molecular flexibility index (Phi) is 6.38. The summed E-state index contributed by atoms with van der Waals surface area (Å²) >= 11 is 6.00. The SMILES string of the molecule is CCCC(CCc1ccc(Cl)c(OC)c1)NC. The summed E-state index contributed by atoms with van der Waals surface area (Å²) in [6.45, 7) is 2.22. The fourth-order valence-electron chi connectivity index (χ4n) is 1.98. The molecule has 17 heavy (non-hydrogen) atoms. The van der Waals surface area contributed by atoms with Gasteiger partial charge in [0.25, 0.3) is 0 Å². The van der Waals surface area contributed by atoms with Crippen LogP contribution in [0.4, 0.5) is 0 Å². The molecular weight excluding hydrogens is 234 g/mol. The second-order valence-electron chi connectivity index (χ2n) is 4.28. The van der Waals surface area contributed by atoms with Crippen molar-refractivity contribution >= 4 is 11.6 Å². The molecule has 1 aromatic rings. The van der Waals surface area contributed by atoms with Crippen molar-refractivity contribution in [2.75, 3.05) is 14.2 Å². The van der Waals surface area contributed by atoms with Gasteiger partial charge in [-0.15, -0.1) is 0 Å². The van der Waals surface area contributed by atoms with Crippen LogP contribution in [0.1, 0.15) is 31.7 Å². The highest BCUT2D eigenvalue weighted by Crippen LogP contribution is 2.25. The zero-order chi connectivity index (χ0) is 12.7. The quantitative estimate of drug-likeness (QED) is 0.803. The lowest BCUT2D eigenvalue weighted by atomic mass is 10.0. The Morgan fingerprint density at radius 3 is 2.71 bits per heavy atom. The molecule has 1 rings (SSSR count). The number of hydrogen-bond donors (Lipinski definition) is 1. The van der Waals surface area contributed by atoms with Gasteiger partial charge in [-0.25, -0.2) is 0 Å². The van der Waals surface area contributed by atoms with Crippen LogP contribution in [0.15, 0.2) is 18.2 Å². The van der Waals surface area contributed by atoms with Gasteiger partial charge < -0.3 is 10.1 Å². The second kappa shape index (κ2) is 7.57. The largest absolute Gasteiger partial charge is 0.495 e. The Morgan fingerprint density at radius 1 is 1.35 bits per heavy atom. The average Bonchev–Trinajstić information content (AvgIpc) is 2.36. The van der Waals surface area contributed by atoms with Crippen LogP contribution in [-0.4, -0.2) is 20.2 Å². The number of rotatable bonds is 7. The van der Waals surface area contributed by atoms with Gasteiger partial charge in [-0.2, -0.15) is 0 Å². The molecule has 2 nitrogen and oxygen atoms in total. The molecule has 1 N–H and O–H groups in total. The first kappa shape index (κ1) is 14.3. The van der Waals surface area contributed by atoms with Crippen molar-refractivity contribution in [2.24, 2.45) is 0 Å². The van der Waals surface area contributed by atoms with Gasteiger partial charge in [0.1, 0.15) is 5.75 Å². The molecule has 0 spiro atoms. The molecule has 1 atom stereocenters. The topological polar surface area (TPSA) is 21.3 Å². The summed E-state index contributed by atoms with van der Waals surface area (Å²) in [4.78, 5) is 0. The lowest BCUT2D eigenvalue weighted by Gasteiger charge is -2.15. The summed E-state index contributed by atoms with van der Waals surface area (Å²) in [5, 5.41) is 4.03. The molecule has 0 bridgehead atoms. The van der Waals surface area contributed by atoms with Crippen LogP contribution in [-0.2, 0) is 6.42 Å². The van der Waals surface area contributed by atoms with Gasteiger partial charge in [0.15, 0.2) is 0 Å². The van der Waals surface area contributed by atoms with Crippen molar-refractivity contribution in [2.45, 2.75) is 38.6 Å². The van der Waals surface area contributed by atoms with Gasteiger partial charge >= 0.3 is 0 Å². The van der Waals surface area contributed by atoms with E-state index in [2.05, 4.69) is 18.3 Å². The highest BCUT2D eigenvalue weighted by atomic mass is 35.5. The van der Waals surface area contributed by atoms with Crippen molar-refractivity contribution in [3.63, 3.8) is 0 Å². The summed E-state index contributed by atoms with van der Waals surface area (Å²) in [5.74, 6) is 0.765. The number of benzene rings is 1. The predicted octanol–water partition coefficient (Wildman–Crippen LogP) is 3.67. The normalized spacial score (nSPS) is 12.5. The molecule has 0 aliphatic rings. The zero-order valence-corrected chi connectivity index (χ0v) is 11.7. The maximum absolute atomic E-state index is 6.00. The van der Waals surface area contributed by atoms with E-state index in [-0.39, 0.29) is 0 Å². The zero-order valence-electron chi connectivity index (χ0n) is 10.9. The Morgan fingerprint density at radius 2 is 2.12 bits per heavy atom. The number of nitrogens with one attached hydrogen (secondary N) is 1. The standard InChI is InChI=1S/C14H22ClNO/c1-4-5-12(16-2)8-6-11-7-9-13(15)14(10-11)17-3/h7,9-10,12,16H,4-6,8H2,1-3H3. The van der Waals surface area contributed by atoms with E-state index < -0.39 is 0 Å². The van der Waals surface area contributed by atoms with Crippen molar-refractivity contribution in [1.82, 2.24) is 5.32 Å². The molecule has 0 aromatic heterocycles. The molecule has 0 heterocycles. The lowest BCUT2D eigenvalue weighted by molar-refractivity contribution is 0.414. The summed E-state index contributed by atoms with van der Waals surface area (Å²) in [5.41, 5.74) is 1.28. The average molecular weight is 256 g/mol. The van der Waals surface area contributed by atoms with Gasteiger partial charge in [0.05, 0.1) is 12.1 Å².